The first-order valence-electron chi connectivity index (χ1n) is 19.9. The van der Waals surface area contributed by atoms with Gasteiger partial charge in [-0.2, -0.15) is 0 Å². The number of anilines is 1. The van der Waals surface area contributed by atoms with E-state index in [1.807, 2.05) is 42.5 Å². The van der Waals surface area contributed by atoms with Gasteiger partial charge in [0.25, 0.3) is 5.56 Å². The van der Waals surface area contributed by atoms with E-state index in [-0.39, 0.29) is 22.8 Å². The number of amides is 1. The second-order valence-electron chi connectivity index (χ2n) is 16.9. The molecule has 2 spiro atoms. The topological polar surface area (TPSA) is 80.7 Å². The van der Waals surface area contributed by atoms with Crippen LogP contribution in [0.15, 0.2) is 136 Å². The Labute approximate surface area is 320 Å². The first kappa shape index (κ1) is 29.9. The van der Waals surface area contributed by atoms with Gasteiger partial charge < -0.3 is 10.6 Å². The zero-order valence-electron chi connectivity index (χ0n) is 30.7. The van der Waals surface area contributed by atoms with Gasteiger partial charge in [0.2, 0.25) is 5.91 Å². The molecule has 6 aromatic carbocycles. The summed E-state index contributed by atoms with van der Waals surface area (Å²) in [6, 6.07) is 31.7. The number of fused-ring (bicyclic) bond motifs is 8. The van der Waals surface area contributed by atoms with Crippen molar-refractivity contribution in [1.29, 1.82) is 0 Å². The highest BCUT2D eigenvalue weighted by molar-refractivity contribution is 6.31. The number of hydrogen-bond acceptors (Lipinski definition) is 4. The first-order valence-corrected chi connectivity index (χ1v) is 19.9. The molecule has 4 unspecified atom stereocenters. The molecule has 1 aliphatic heterocycles. The summed E-state index contributed by atoms with van der Waals surface area (Å²) >= 11 is 0. The maximum Gasteiger partial charge on any atom is 0.264 e. The van der Waals surface area contributed by atoms with Crippen LogP contribution in [0.2, 0.25) is 0 Å². The van der Waals surface area contributed by atoms with E-state index in [2.05, 4.69) is 83.5 Å². The minimum Gasteiger partial charge on any atom is -0.333 e. The normalized spacial score (nSPS) is 26.0. The second-order valence-corrected chi connectivity index (χ2v) is 16.9. The SMILES string of the molecule is CN.O=C1N(c2ccccc2)CC2=CC=C3C4=C(C2)C12CC2C=C4c1ccc2c4c1C31CC1C=c4c1ccc3c(=O)n4c5ccccc5nc4c4ccc2c1c34. The standard InChI is InChI=1S/C49H29N3O2.CH5N/c53-46-33-16-13-30-34-19-25-21-48(25)36-17-10-24-18-37-43(36)35(20-26-22-49(26,37)47(54)51(23-24)27-6-2-1-3-7-27)31-14-11-29(42(34)44(31)48)28-12-15-32(41(33)40(28)30)45-50-38-8-4-5-9-39(38)52(45)46;1-2/h1-17,19-20,25-26H,18,21-23H2;2H2,1H3. The maximum atomic E-state index is 14.8. The van der Waals surface area contributed by atoms with Gasteiger partial charge in [0.15, 0.2) is 0 Å². The highest BCUT2D eigenvalue weighted by atomic mass is 16.2. The third-order valence-electron chi connectivity index (χ3n) is 14.8. The predicted octanol–water partition coefficient (Wildman–Crippen LogP) is 8.26. The summed E-state index contributed by atoms with van der Waals surface area (Å²) < 4.78 is 1.80. The van der Waals surface area contributed by atoms with Crippen LogP contribution in [0.3, 0.4) is 0 Å². The molecule has 2 N–H and O–H groups in total. The number of rotatable bonds is 1. The van der Waals surface area contributed by atoms with Crippen LogP contribution in [0.5, 0.6) is 0 Å². The van der Waals surface area contributed by atoms with Crippen molar-refractivity contribution in [3.8, 4) is 0 Å². The highest BCUT2D eigenvalue weighted by Gasteiger charge is 2.69. The molecule has 15 rings (SSSR count). The molecular formula is C50H34N4O2. The summed E-state index contributed by atoms with van der Waals surface area (Å²) in [4.78, 5) is 36.1. The second kappa shape index (κ2) is 9.52. The molecule has 2 saturated carbocycles. The lowest BCUT2D eigenvalue weighted by atomic mass is 9.62. The number of allylic oxidation sites excluding steroid dienone is 6. The number of nitrogens with zero attached hydrogens (tertiary/aromatic N) is 3. The fourth-order valence-corrected chi connectivity index (χ4v) is 12.4. The fraction of sp³-hybridized carbons (Fsp3) is 0.180. The minimum atomic E-state index is -0.441. The Balaban J connectivity index is 0.00000156. The van der Waals surface area contributed by atoms with Crippen molar-refractivity contribution in [3.05, 3.63) is 158 Å². The first-order chi connectivity index (χ1) is 27.6. The minimum absolute atomic E-state index is 0.00765. The Morgan fingerprint density at radius 3 is 2.32 bits per heavy atom. The van der Waals surface area contributed by atoms with Crippen molar-refractivity contribution in [2.45, 2.75) is 24.7 Å². The number of nitrogens with two attached hydrogens (primary N) is 1. The Morgan fingerprint density at radius 2 is 1.43 bits per heavy atom. The van der Waals surface area contributed by atoms with Crippen molar-refractivity contribution in [2.75, 3.05) is 18.5 Å². The Bertz CT molecular complexity index is 3510. The van der Waals surface area contributed by atoms with Crippen LogP contribution in [0, 0.1) is 17.3 Å². The Hall–Kier alpha value is -6.37. The molecule has 4 atom stereocenters. The van der Waals surface area contributed by atoms with Crippen LogP contribution < -0.4 is 21.4 Å². The lowest BCUT2D eigenvalue weighted by Crippen LogP contribution is -2.39. The van der Waals surface area contributed by atoms with Crippen LogP contribution in [0.25, 0.3) is 71.4 Å². The van der Waals surface area contributed by atoms with E-state index in [9.17, 15) is 9.59 Å². The molecule has 2 bridgehead atoms. The molecular weight excluding hydrogens is 689 g/mol. The molecule has 0 radical (unpaired) electrons. The monoisotopic (exact) mass is 722 g/mol. The van der Waals surface area contributed by atoms with Gasteiger partial charge in [-0.05, 0) is 146 Å². The number of carbonyl (C=O) groups excluding carboxylic acids is 1. The summed E-state index contributed by atoms with van der Waals surface area (Å²) in [5.74, 6) is 0.864. The number of hydrogen-bond donors (Lipinski definition) is 1. The van der Waals surface area contributed by atoms with E-state index in [0.29, 0.717) is 12.5 Å². The van der Waals surface area contributed by atoms with E-state index < -0.39 is 5.41 Å². The zero-order chi connectivity index (χ0) is 37.0. The van der Waals surface area contributed by atoms with Gasteiger partial charge in [0.05, 0.1) is 16.4 Å². The largest absolute Gasteiger partial charge is 0.333 e. The third kappa shape index (κ3) is 3.11. The average Bonchev–Trinajstić information content (AvgIpc) is 4.14. The molecule has 6 heteroatoms. The third-order valence-corrected chi connectivity index (χ3v) is 14.8. The maximum absolute atomic E-state index is 14.8. The van der Waals surface area contributed by atoms with Crippen LogP contribution in [-0.4, -0.2) is 28.9 Å². The number of imidazole rings is 1. The van der Waals surface area contributed by atoms with Crippen LogP contribution in [-0.2, 0) is 10.2 Å². The molecule has 1 amide bonds. The van der Waals surface area contributed by atoms with E-state index in [1.54, 1.807) is 4.40 Å². The Kier molecular flexibility index (Phi) is 5.09. The number of para-hydroxylation sites is 3. The molecule has 6 aliphatic carbocycles. The summed E-state index contributed by atoms with van der Waals surface area (Å²) in [7, 11) is 1.50. The van der Waals surface area contributed by atoms with Crippen LogP contribution in [0.1, 0.15) is 30.4 Å². The number of aromatic nitrogens is 2. The van der Waals surface area contributed by atoms with Crippen LogP contribution in [0.4, 0.5) is 5.69 Å². The van der Waals surface area contributed by atoms with Crippen molar-refractivity contribution >= 4 is 83.0 Å². The van der Waals surface area contributed by atoms with Gasteiger partial charge in [0, 0.05) is 33.8 Å². The molecule has 56 heavy (non-hydrogen) atoms. The zero-order valence-corrected chi connectivity index (χ0v) is 30.7. The smallest absolute Gasteiger partial charge is 0.264 e. The van der Waals surface area contributed by atoms with Crippen molar-refractivity contribution < 1.29 is 4.79 Å². The van der Waals surface area contributed by atoms with E-state index in [0.717, 1.165) is 57.8 Å². The number of benzene rings is 6. The molecule has 6 nitrogen and oxygen atoms in total. The number of pyridine rings is 1. The lowest BCUT2D eigenvalue weighted by Gasteiger charge is -2.40. The molecule has 1 saturated heterocycles. The van der Waals surface area contributed by atoms with E-state index in [4.69, 9.17) is 4.98 Å². The van der Waals surface area contributed by atoms with Gasteiger partial charge in [-0.25, -0.2) is 4.98 Å². The predicted molar refractivity (Wildman–Crippen MR) is 225 cm³/mol. The number of carbonyl (C=O) groups is 1. The fourth-order valence-electron chi connectivity index (χ4n) is 12.4. The molecule has 3 fully saturated rings. The van der Waals surface area contributed by atoms with E-state index >= 15 is 0 Å². The Morgan fingerprint density at radius 1 is 0.714 bits per heavy atom. The van der Waals surface area contributed by atoms with Gasteiger partial charge >= 0.3 is 0 Å². The van der Waals surface area contributed by atoms with Gasteiger partial charge in [0.1, 0.15) is 5.65 Å². The lowest BCUT2D eigenvalue weighted by molar-refractivity contribution is -0.122. The van der Waals surface area contributed by atoms with Crippen molar-refractivity contribution in [1.82, 2.24) is 9.38 Å². The van der Waals surface area contributed by atoms with Crippen molar-refractivity contribution in [3.63, 3.8) is 0 Å². The summed E-state index contributed by atoms with van der Waals surface area (Å²) in [5, 5.41) is 10.3. The van der Waals surface area contributed by atoms with Gasteiger partial charge in [-0.3, -0.25) is 14.0 Å². The van der Waals surface area contributed by atoms with Gasteiger partial charge in [-0.1, -0.05) is 78.9 Å². The molecule has 3 heterocycles. The molecule has 2 aromatic heterocycles. The average molecular weight is 723 g/mol. The summed E-state index contributed by atoms with van der Waals surface area (Å²) in [6.45, 7) is 0.638. The highest BCUT2D eigenvalue weighted by Crippen LogP contribution is 2.75. The molecule has 266 valence electrons. The molecule has 7 aliphatic rings. The quantitative estimate of drug-likeness (QED) is 0.137. The summed E-state index contributed by atoms with van der Waals surface area (Å²) in [5.41, 5.74) is 17.1. The summed E-state index contributed by atoms with van der Waals surface area (Å²) in [6.07, 6.45) is 12.7. The van der Waals surface area contributed by atoms with Crippen molar-refractivity contribution in [2.24, 2.45) is 23.0 Å². The van der Waals surface area contributed by atoms with E-state index in [1.165, 1.54) is 78.2 Å². The van der Waals surface area contributed by atoms with Gasteiger partial charge in [-0.15, -0.1) is 0 Å². The molecule has 8 aromatic rings. The van der Waals surface area contributed by atoms with Crippen LogP contribution >= 0.6 is 0 Å².